The molecule has 0 spiro atoms. The van der Waals surface area contributed by atoms with Crippen molar-refractivity contribution in [1.29, 1.82) is 0 Å². The predicted molar refractivity (Wildman–Crippen MR) is 163 cm³/mol. The van der Waals surface area contributed by atoms with E-state index in [2.05, 4.69) is 75.6 Å². The van der Waals surface area contributed by atoms with Gasteiger partial charge in [0.25, 0.3) is 0 Å². The number of rotatable bonds is 10. The minimum Gasteiger partial charge on any atom is -0.355 e. The lowest BCUT2D eigenvalue weighted by Gasteiger charge is -2.33. The molecule has 6 rings (SSSR count). The molecule has 2 saturated carbocycles. The number of benzene rings is 3. The topological polar surface area (TPSA) is 44.4 Å². The van der Waals surface area contributed by atoms with Crippen molar-refractivity contribution in [2.24, 2.45) is 17.8 Å². The highest BCUT2D eigenvalue weighted by atomic mass is 35.5. The number of nitrogens with one attached hydrogen (secondary N) is 2. The number of hydrogen-bond acceptors (Lipinski definition) is 4. The zero-order valence-electron chi connectivity index (χ0n) is 22.7. The predicted octanol–water partition coefficient (Wildman–Crippen LogP) is 7.07. The smallest absolute Gasteiger partial charge is 0.223 e. The first-order chi connectivity index (χ1) is 19.1. The normalized spacial score (nSPS) is 24.3. The number of halogens is 1. The molecule has 1 amide bonds. The number of likely N-dealkylation sites (tertiary alicyclic amines) is 1. The lowest BCUT2D eigenvalue weighted by Crippen LogP contribution is -2.40. The number of hydrogen-bond donors (Lipinski definition) is 2. The maximum absolute atomic E-state index is 12.8. The van der Waals surface area contributed by atoms with Crippen LogP contribution in [0.25, 0.3) is 10.8 Å². The van der Waals surface area contributed by atoms with E-state index in [0.717, 1.165) is 57.0 Å². The lowest BCUT2D eigenvalue weighted by molar-refractivity contribution is -0.124. The van der Waals surface area contributed by atoms with Gasteiger partial charge in [0.2, 0.25) is 5.91 Å². The SMILES string of the molecule is O=C(NC[C@@]1(c2cccc(Cl)c2)CC1CN1CCC(CNSc2cccc3ccccc23)CC1)C1CCCC1. The largest absolute Gasteiger partial charge is 0.355 e. The van der Waals surface area contributed by atoms with Crippen LogP contribution in [0.2, 0.25) is 5.02 Å². The van der Waals surface area contributed by atoms with Gasteiger partial charge in [-0.05, 0) is 104 Å². The van der Waals surface area contributed by atoms with Crippen molar-refractivity contribution in [3.63, 3.8) is 0 Å². The van der Waals surface area contributed by atoms with Gasteiger partial charge >= 0.3 is 0 Å². The Labute approximate surface area is 242 Å². The van der Waals surface area contributed by atoms with E-state index in [1.807, 2.05) is 6.07 Å². The highest BCUT2D eigenvalue weighted by Crippen LogP contribution is 2.55. The lowest BCUT2D eigenvalue weighted by atomic mass is 9.91. The van der Waals surface area contributed by atoms with Crippen LogP contribution in [0.5, 0.6) is 0 Å². The van der Waals surface area contributed by atoms with Gasteiger partial charge in [0.05, 0.1) is 0 Å². The third-order valence-electron chi connectivity index (χ3n) is 9.43. The minimum atomic E-state index is 0.0205. The van der Waals surface area contributed by atoms with Gasteiger partial charge in [-0.3, -0.25) is 9.52 Å². The van der Waals surface area contributed by atoms with E-state index >= 15 is 0 Å². The Morgan fingerprint density at radius 3 is 2.56 bits per heavy atom. The summed E-state index contributed by atoms with van der Waals surface area (Å²) in [6.07, 6.45) is 8.06. The Morgan fingerprint density at radius 1 is 0.974 bits per heavy atom. The summed E-state index contributed by atoms with van der Waals surface area (Å²) < 4.78 is 3.67. The van der Waals surface area contributed by atoms with E-state index in [1.165, 1.54) is 46.9 Å². The molecular weight excluding hydrogens is 522 g/mol. The maximum atomic E-state index is 12.8. The molecule has 1 aliphatic heterocycles. The number of carbonyl (C=O) groups excluding carboxylic acids is 1. The molecule has 6 heteroatoms. The zero-order valence-corrected chi connectivity index (χ0v) is 24.3. The highest BCUT2D eigenvalue weighted by Gasteiger charge is 2.55. The summed E-state index contributed by atoms with van der Waals surface area (Å²) in [5, 5.41) is 6.76. The van der Waals surface area contributed by atoms with E-state index in [-0.39, 0.29) is 17.2 Å². The molecule has 3 aromatic carbocycles. The minimum absolute atomic E-state index is 0.0205. The molecule has 3 fully saturated rings. The van der Waals surface area contributed by atoms with Crippen LogP contribution in [-0.2, 0) is 10.2 Å². The van der Waals surface area contributed by atoms with Gasteiger partial charge in [-0.25, -0.2) is 0 Å². The summed E-state index contributed by atoms with van der Waals surface area (Å²) in [5.74, 6) is 1.75. The number of nitrogens with zero attached hydrogens (tertiary/aromatic N) is 1. The van der Waals surface area contributed by atoms with Crippen LogP contribution in [-0.4, -0.2) is 43.5 Å². The first-order valence-corrected chi connectivity index (χ1v) is 15.9. The molecule has 1 heterocycles. The monoisotopic (exact) mass is 561 g/mol. The van der Waals surface area contributed by atoms with Crippen LogP contribution < -0.4 is 10.0 Å². The molecule has 2 N–H and O–H groups in total. The average molecular weight is 562 g/mol. The summed E-state index contributed by atoms with van der Waals surface area (Å²) in [7, 11) is 0. The average Bonchev–Trinajstić information content (AvgIpc) is 3.37. The molecule has 206 valence electrons. The Kier molecular flexibility index (Phi) is 8.50. The number of amides is 1. The van der Waals surface area contributed by atoms with E-state index in [4.69, 9.17) is 11.6 Å². The van der Waals surface area contributed by atoms with E-state index in [9.17, 15) is 4.79 Å². The molecule has 1 saturated heterocycles. The van der Waals surface area contributed by atoms with Crippen molar-refractivity contribution in [2.45, 2.75) is 55.3 Å². The van der Waals surface area contributed by atoms with Gasteiger partial charge in [-0.15, -0.1) is 0 Å². The molecular formula is C33H40ClN3OS. The van der Waals surface area contributed by atoms with Crippen molar-refractivity contribution in [2.75, 3.05) is 32.7 Å². The second-order valence-electron chi connectivity index (χ2n) is 11.9. The van der Waals surface area contributed by atoms with Crippen LogP contribution in [0.3, 0.4) is 0 Å². The van der Waals surface area contributed by atoms with Crippen LogP contribution in [0, 0.1) is 17.8 Å². The molecule has 0 bridgehead atoms. The molecule has 0 radical (unpaired) electrons. The third-order valence-corrected chi connectivity index (χ3v) is 10.5. The number of carbonyl (C=O) groups is 1. The fourth-order valence-corrected chi connectivity index (χ4v) is 7.98. The van der Waals surface area contributed by atoms with Crippen LogP contribution in [0.4, 0.5) is 0 Å². The van der Waals surface area contributed by atoms with Crippen molar-refractivity contribution < 1.29 is 4.79 Å². The number of piperidine rings is 1. The highest BCUT2D eigenvalue weighted by molar-refractivity contribution is 7.97. The molecule has 2 aliphatic carbocycles. The first kappa shape index (κ1) is 27.1. The quantitative estimate of drug-likeness (QED) is 0.260. The Morgan fingerprint density at radius 2 is 1.74 bits per heavy atom. The fraction of sp³-hybridized carbons (Fsp3) is 0.485. The number of fused-ring (bicyclic) bond motifs is 1. The van der Waals surface area contributed by atoms with Crippen molar-refractivity contribution in [3.8, 4) is 0 Å². The molecule has 3 aliphatic rings. The second-order valence-corrected chi connectivity index (χ2v) is 13.3. The van der Waals surface area contributed by atoms with Gasteiger partial charge < -0.3 is 10.2 Å². The molecule has 2 atom stereocenters. The van der Waals surface area contributed by atoms with Gasteiger partial charge in [0, 0.05) is 40.9 Å². The Bertz CT molecular complexity index is 1280. The molecule has 4 nitrogen and oxygen atoms in total. The van der Waals surface area contributed by atoms with E-state index < -0.39 is 0 Å². The summed E-state index contributed by atoms with van der Waals surface area (Å²) >= 11 is 8.18. The van der Waals surface area contributed by atoms with Gasteiger partial charge in [0.1, 0.15) is 0 Å². The summed E-state index contributed by atoms with van der Waals surface area (Å²) in [6, 6.07) is 23.5. The zero-order chi connectivity index (χ0) is 26.7. The van der Waals surface area contributed by atoms with Crippen molar-refractivity contribution in [3.05, 3.63) is 77.3 Å². The summed E-state index contributed by atoms with van der Waals surface area (Å²) in [5.41, 5.74) is 1.31. The summed E-state index contributed by atoms with van der Waals surface area (Å²) in [4.78, 5) is 16.8. The second kappa shape index (κ2) is 12.2. The molecule has 0 aromatic heterocycles. The van der Waals surface area contributed by atoms with Gasteiger partial charge in [-0.1, -0.05) is 73.0 Å². The maximum Gasteiger partial charge on any atom is 0.223 e. The first-order valence-electron chi connectivity index (χ1n) is 14.7. The van der Waals surface area contributed by atoms with Gasteiger partial charge in [-0.2, -0.15) is 0 Å². The van der Waals surface area contributed by atoms with E-state index in [1.54, 1.807) is 11.9 Å². The standard InChI is InChI=1S/C33H40ClN3OS/c34-29-12-6-11-27(19-29)33(23-35-32(38)26-8-1-2-9-26)20-28(33)22-37-17-15-24(16-18-37)21-36-39-31-14-5-10-25-7-3-4-13-30(25)31/h3-7,10-14,19,24,26,28,36H,1-2,8-9,15-18,20-23H2,(H,35,38)/t28?,33-/m1/s1. The molecule has 3 aromatic rings. The Balaban J connectivity index is 0.998. The fourth-order valence-electron chi connectivity index (χ4n) is 6.87. The van der Waals surface area contributed by atoms with Crippen LogP contribution >= 0.6 is 23.5 Å². The molecule has 39 heavy (non-hydrogen) atoms. The van der Waals surface area contributed by atoms with Crippen LogP contribution in [0.1, 0.15) is 50.5 Å². The molecule has 1 unspecified atom stereocenters. The summed E-state index contributed by atoms with van der Waals surface area (Å²) in [6.45, 7) is 5.20. The Hall–Kier alpha value is -2.05. The van der Waals surface area contributed by atoms with Crippen LogP contribution in [0.15, 0.2) is 71.6 Å². The van der Waals surface area contributed by atoms with E-state index in [0.29, 0.717) is 11.8 Å². The van der Waals surface area contributed by atoms with Crippen molar-refractivity contribution in [1.82, 2.24) is 14.9 Å². The van der Waals surface area contributed by atoms with Crippen molar-refractivity contribution >= 4 is 40.2 Å². The van der Waals surface area contributed by atoms with Gasteiger partial charge in [0.15, 0.2) is 0 Å². The third kappa shape index (κ3) is 6.32.